The maximum absolute atomic E-state index is 12.3. The molecule has 1 heterocycles. The third-order valence-electron chi connectivity index (χ3n) is 2.17. The molecular formula is C9H8F3N3. The summed E-state index contributed by atoms with van der Waals surface area (Å²) in [6.45, 7) is 0.224. The average molecular weight is 215 g/mol. The Bertz CT molecular complexity index is 487. The first-order valence-corrected chi connectivity index (χ1v) is 4.26. The molecule has 0 unspecified atom stereocenters. The molecular weight excluding hydrogens is 207 g/mol. The van der Waals surface area contributed by atoms with Crippen LogP contribution in [-0.2, 0) is 12.7 Å². The second-order valence-corrected chi connectivity index (χ2v) is 3.14. The van der Waals surface area contributed by atoms with Gasteiger partial charge in [0.1, 0.15) is 0 Å². The normalized spacial score (nSPS) is 12.3. The summed E-state index contributed by atoms with van der Waals surface area (Å²) in [6.07, 6.45) is -4.34. The predicted molar refractivity (Wildman–Crippen MR) is 49.0 cm³/mol. The summed E-state index contributed by atoms with van der Waals surface area (Å²) in [5.41, 5.74) is 5.61. The van der Waals surface area contributed by atoms with Crippen LogP contribution in [-0.4, -0.2) is 10.2 Å². The molecule has 2 aromatic rings. The Kier molecular flexibility index (Phi) is 2.15. The summed E-state index contributed by atoms with van der Waals surface area (Å²) < 4.78 is 37.0. The highest BCUT2D eigenvalue weighted by molar-refractivity contribution is 5.82. The third-order valence-corrected chi connectivity index (χ3v) is 2.17. The molecule has 15 heavy (non-hydrogen) atoms. The molecule has 0 saturated heterocycles. The molecule has 0 fully saturated rings. The number of hydrogen-bond donors (Lipinski definition) is 2. The number of alkyl halides is 3. The Labute approximate surface area is 83.1 Å². The number of fused-ring (bicyclic) bond motifs is 1. The predicted octanol–water partition coefficient (Wildman–Crippen LogP) is 2.04. The van der Waals surface area contributed by atoms with Crippen LogP contribution in [0.1, 0.15) is 11.3 Å². The summed E-state index contributed by atoms with van der Waals surface area (Å²) in [4.78, 5) is 0. The van der Waals surface area contributed by atoms with Crippen LogP contribution in [0.2, 0.25) is 0 Å². The maximum atomic E-state index is 12.3. The number of aromatic nitrogens is 2. The first kappa shape index (κ1) is 9.97. The summed E-state index contributed by atoms with van der Waals surface area (Å²) in [7, 11) is 0. The zero-order chi connectivity index (χ0) is 11.1. The molecule has 0 aliphatic rings. The van der Waals surface area contributed by atoms with Crippen molar-refractivity contribution in [1.82, 2.24) is 10.2 Å². The van der Waals surface area contributed by atoms with Gasteiger partial charge in [-0.2, -0.15) is 18.3 Å². The van der Waals surface area contributed by atoms with Gasteiger partial charge in [-0.05, 0) is 12.1 Å². The van der Waals surface area contributed by atoms with Gasteiger partial charge >= 0.3 is 6.18 Å². The number of halogens is 3. The van der Waals surface area contributed by atoms with Crippen molar-refractivity contribution in [3.63, 3.8) is 0 Å². The molecule has 3 N–H and O–H groups in total. The van der Waals surface area contributed by atoms with E-state index < -0.39 is 11.7 Å². The highest BCUT2D eigenvalue weighted by Gasteiger charge is 2.30. The number of hydrogen-bond acceptors (Lipinski definition) is 2. The highest BCUT2D eigenvalue weighted by atomic mass is 19.4. The Morgan fingerprint density at radius 2 is 2.07 bits per heavy atom. The lowest BCUT2D eigenvalue weighted by Gasteiger charge is -2.05. The van der Waals surface area contributed by atoms with Crippen LogP contribution in [0.3, 0.4) is 0 Å². The molecule has 0 aliphatic heterocycles. The van der Waals surface area contributed by atoms with Crippen molar-refractivity contribution in [2.75, 3.05) is 0 Å². The maximum Gasteiger partial charge on any atom is 0.416 e. The van der Waals surface area contributed by atoms with Gasteiger partial charge in [0.15, 0.2) is 0 Å². The molecule has 1 aromatic heterocycles. The lowest BCUT2D eigenvalue weighted by molar-refractivity contribution is -0.137. The lowest BCUT2D eigenvalue weighted by Crippen LogP contribution is -2.04. The Morgan fingerprint density at radius 1 is 1.33 bits per heavy atom. The number of nitrogens with two attached hydrogens (primary N) is 1. The van der Waals surface area contributed by atoms with Crippen molar-refractivity contribution in [3.8, 4) is 0 Å². The quantitative estimate of drug-likeness (QED) is 0.764. The standard InChI is InChI=1S/C9H8F3N3/c10-9(11,12)5-1-2-6-7(3-5)14-15-8(6)4-13/h1-3H,4,13H2,(H,14,15). The molecule has 0 radical (unpaired) electrons. The fourth-order valence-corrected chi connectivity index (χ4v) is 1.40. The third kappa shape index (κ3) is 1.68. The van der Waals surface area contributed by atoms with E-state index in [1.54, 1.807) is 0 Å². The number of benzene rings is 1. The fourth-order valence-electron chi connectivity index (χ4n) is 1.40. The van der Waals surface area contributed by atoms with Gasteiger partial charge in [0.05, 0.1) is 16.8 Å². The van der Waals surface area contributed by atoms with Crippen molar-refractivity contribution in [2.24, 2.45) is 5.73 Å². The largest absolute Gasteiger partial charge is 0.416 e. The van der Waals surface area contributed by atoms with Crippen LogP contribution < -0.4 is 5.73 Å². The van der Waals surface area contributed by atoms with E-state index in [4.69, 9.17) is 5.73 Å². The molecule has 0 saturated carbocycles. The summed E-state index contributed by atoms with van der Waals surface area (Å²) >= 11 is 0. The molecule has 0 bridgehead atoms. The first-order chi connectivity index (χ1) is 7.02. The minimum atomic E-state index is -4.34. The van der Waals surface area contributed by atoms with Crippen molar-refractivity contribution in [2.45, 2.75) is 12.7 Å². The minimum Gasteiger partial charge on any atom is -0.325 e. The van der Waals surface area contributed by atoms with Gasteiger partial charge in [0, 0.05) is 11.9 Å². The molecule has 2 rings (SSSR count). The summed E-state index contributed by atoms with van der Waals surface area (Å²) in [5, 5.41) is 6.99. The van der Waals surface area contributed by atoms with Gasteiger partial charge in [-0.3, -0.25) is 5.10 Å². The second kappa shape index (κ2) is 3.23. The highest BCUT2D eigenvalue weighted by Crippen LogP contribution is 2.31. The molecule has 0 spiro atoms. The molecule has 0 atom stereocenters. The van der Waals surface area contributed by atoms with E-state index in [1.165, 1.54) is 6.07 Å². The van der Waals surface area contributed by atoms with Gasteiger partial charge in [-0.1, -0.05) is 6.07 Å². The number of nitrogens with zero attached hydrogens (tertiary/aromatic N) is 1. The van der Waals surface area contributed by atoms with E-state index in [0.29, 0.717) is 11.1 Å². The lowest BCUT2D eigenvalue weighted by atomic mass is 10.1. The van der Waals surface area contributed by atoms with E-state index in [2.05, 4.69) is 10.2 Å². The van der Waals surface area contributed by atoms with Gasteiger partial charge in [0.25, 0.3) is 0 Å². The Hall–Kier alpha value is -1.56. The summed E-state index contributed by atoms with van der Waals surface area (Å²) in [6, 6.07) is 3.41. The minimum absolute atomic E-state index is 0.224. The van der Waals surface area contributed by atoms with Gasteiger partial charge in [-0.25, -0.2) is 0 Å². The van der Waals surface area contributed by atoms with Crippen LogP contribution >= 0.6 is 0 Å². The number of rotatable bonds is 1. The first-order valence-electron chi connectivity index (χ1n) is 4.26. The second-order valence-electron chi connectivity index (χ2n) is 3.14. The van der Waals surface area contributed by atoms with Crippen LogP contribution in [0, 0.1) is 0 Å². The molecule has 3 nitrogen and oxygen atoms in total. The molecule has 0 amide bonds. The zero-order valence-electron chi connectivity index (χ0n) is 7.60. The fraction of sp³-hybridized carbons (Fsp3) is 0.222. The van der Waals surface area contributed by atoms with Crippen molar-refractivity contribution < 1.29 is 13.2 Å². The van der Waals surface area contributed by atoms with Crippen LogP contribution in [0.5, 0.6) is 0 Å². The molecule has 80 valence electrons. The van der Waals surface area contributed by atoms with E-state index in [-0.39, 0.29) is 12.1 Å². The SMILES string of the molecule is NCc1[nH]nc2cc(C(F)(F)F)ccc12. The smallest absolute Gasteiger partial charge is 0.325 e. The van der Waals surface area contributed by atoms with Crippen molar-refractivity contribution in [3.05, 3.63) is 29.5 Å². The van der Waals surface area contributed by atoms with E-state index in [0.717, 1.165) is 12.1 Å². The van der Waals surface area contributed by atoms with Crippen molar-refractivity contribution >= 4 is 10.9 Å². The molecule has 6 heteroatoms. The van der Waals surface area contributed by atoms with Gasteiger partial charge in [-0.15, -0.1) is 0 Å². The van der Waals surface area contributed by atoms with Gasteiger partial charge in [0.2, 0.25) is 0 Å². The van der Waals surface area contributed by atoms with E-state index >= 15 is 0 Å². The van der Waals surface area contributed by atoms with E-state index in [9.17, 15) is 13.2 Å². The van der Waals surface area contributed by atoms with Crippen LogP contribution in [0.15, 0.2) is 18.2 Å². The number of H-pyrrole nitrogens is 1. The van der Waals surface area contributed by atoms with E-state index in [1.807, 2.05) is 0 Å². The average Bonchev–Trinajstić information content (AvgIpc) is 2.58. The number of aromatic amines is 1. The van der Waals surface area contributed by atoms with Crippen LogP contribution in [0.4, 0.5) is 13.2 Å². The Balaban J connectivity index is 2.58. The number of nitrogens with one attached hydrogen (secondary N) is 1. The molecule has 1 aromatic carbocycles. The zero-order valence-corrected chi connectivity index (χ0v) is 7.60. The molecule has 0 aliphatic carbocycles. The van der Waals surface area contributed by atoms with Crippen LogP contribution in [0.25, 0.3) is 10.9 Å². The Morgan fingerprint density at radius 3 is 2.67 bits per heavy atom. The monoisotopic (exact) mass is 215 g/mol. The topological polar surface area (TPSA) is 54.7 Å². The summed E-state index contributed by atoms with van der Waals surface area (Å²) in [5.74, 6) is 0. The van der Waals surface area contributed by atoms with Gasteiger partial charge < -0.3 is 5.73 Å². The van der Waals surface area contributed by atoms with Crippen molar-refractivity contribution in [1.29, 1.82) is 0 Å².